The van der Waals surface area contributed by atoms with E-state index in [9.17, 15) is 9.59 Å². The van der Waals surface area contributed by atoms with Crippen LogP contribution in [0, 0.1) is 0 Å². The molecule has 0 fully saturated rings. The summed E-state index contributed by atoms with van der Waals surface area (Å²) >= 11 is 3.37. The Hall–Kier alpha value is -3.26. The molecule has 0 aliphatic heterocycles. The summed E-state index contributed by atoms with van der Waals surface area (Å²) in [5.74, 6) is -0.161. The number of aromatic nitrogens is 4. The van der Waals surface area contributed by atoms with Crippen molar-refractivity contribution in [3.63, 3.8) is 0 Å². The lowest BCUT2D eigenvalue weighted by atomic mass is 10.2. The Balaban J connectivity index is 1.41. The second-order valence-corrected chi connectivity index (χ2v) is 7.55. The molecule has 1 amide bonds. The van der Waals surface area contributed by atoms with Gasteiger partial charge in [0.1, 0.15) is 0 Å². The third-order valence-electron chi connectivity index (χ3n) is 4.50. The number of nitrogens with one attached hydrogen (secondary N) is 1. The van der Waals surface area contributed by atoms with E-state index in [1.807, 2.05) is 41.1 Å². The van der Waals surface area contributed by atoms with Gasteiger partial charge in [0, 0.05) is 42.1 Å². The molecule has 29 heavy (non-hydrogen) atoms. The summed E-state index contributed by atoms with van der Waals surface area (Å²) in [6, 6.07) is 13.0. The number of carbonyl (C=O) groups excluding carboxylic acids is 1. The van der Waals surface area contributed by atoms with Gasteiger partial charge >= 0.3 is 0 Å². The van der Waals surface area contributed by atoms with E-state index in [0.29, 0.717) is 17.4 Å². The number of aryl methyl sites for hydroxylation is 1. The number of nitrogens with zero attached hydrogens (tertiary/aromatic N) is 4. The van der Waals surface area contributed by atoms with Crippen molar-refractivity contribution in [2.45, 2.75) is 19.5 Å². The fourth-order valence-corrected chi connectivity index (χ4v) is 3.44. The van der Waals surface area contributed by atoms with Crippen LogP contribution in [0.25, 0.3) is 10.9 Å². The molecular formula is C21H18BrN5O2. The molecule has 2 heterocycles. The lowest BCUT2D eigenvalue weighted by molar-refractivity contribution is -0.116. The zero-order valence-corrected chi connectivity index (χ0v) is 17.0. The van der Waals surface area contributed by atoms with E-state index in [0.717, 1.165) is 15.7 Å². The standard InChI is InChI=1S/C21H18BrN5O2/c22-16-4-5-19-18(11-16)21(29)27(14-24-19)8-6-20(28)25-17-3-1-2-15(10-17)12-26-9-7-23-13-26/h1-5,7,9-11,13-14H,6,8,12H2,(H,25,28). The summed E-state index contributed by atoms with van der Waals surface area (Å²) in [7, 11) is 0. The van der Waals surface area contributed by atoms with Gasteiger partial charge < -0.3 is 9.88 Å². The van der Waals surface area contributed by atoms with Crippen LogP contribution < -0.4 is 10.9 Å². The van der Waals surface area contributed by atoms with Crippen LogP contribution in [0.1, 0.15) is 12.0 Å². The normalized spacial score (nSPS) is 10.9. The van der Waals surface area contributed by atoms with Crippen molar-refractivity contribution in [3.05, 3.63) is 87.9 Å². The Morgan fingerprint density at radius 2 is 2.03 bits per heavy atom. The number of hydrogen-bond acceptors (Lipinski definition) is 4. The Morgan fingerprint density at radius 1 is 1.14 bits per heavy atom. The highest BCUT2D eigenvalue weighted by Gasteiger charge is 2.08. The van der Waals surface area contributed by atoms with E-state index in [1.54, 1.807) is 24.7 Å². The Labute approximate surface area is 175 Å². The van der Waals surface area contributed by atoms with E-state index in [1.165, 1.54) is 10.9 Å². The number of amides is 1. The van der Waals surface area contributed by atoms with Gasteiger partial charge in [0.2, 0.25) is 5.91 Å². The summed E-state index contributed by atoms with van der Waals surface area (Å²) in [5.41, 5.74) is 2.25. The van der Waals surface area contributed by atoms with Crippen molar-refractivity contribution in [1.82, 2.24) is 19.1 Å². The van der Waals surface area contributed by atoms with Crippen LogP contribution in [0.5, 0.6) is 0 Å². The number of anilines is 1. The van der Waals surface area contributed by atoms with Crippen LogP contribution in [0.15, 0.2) is 76.8 Å². The topological polar surface area (TPSA) is 81.8 Å². The van der Waals surface area contributed by atoms with Crippen molar-refractivity contribution in [1.29, 1.82) is 0 Å². The van der Waals surface area contributed by atoms with E-state index >= 15 is 0 Å². The highest BCUT2D eigenvalue weighted by Crippen LogP contribution is 2.15. The van der Waals surface area contributed by atoms with Crippen molar-refractivity contribution in [3.8, 4) is 0 Å². The van der Waals surface area contributed by atoms with Gasteiger partial charge in [0.15, 0.2) is 0 Å². The molecular weight excluding hydrogens is 434 g/mol. The maximum absolute atomic E-state index is 12.6. The van der Waals surface area contributed by atoms with Gasteiger partial charge in [0.25, 0.3) is 5.56 Å². The summed E-state index contributed by atoms with van der Waals surface area (Å²) in [4.78, 5) is 33.3. The van der Waals surface area contributed by atoms with Crippen LogP contribution in [-0.2, 0) is 17.9 Å². The second-order valence-electron chi connectivity index (χ2n) is 6.64. The summed E-state index contributed by atoms with van der Waals surface area (Å²) in [5, 5.41) is 3.41. The highest BCUT2D eigenvalue weighted by molar-refractivity contribution is 9.10. The van der Waals surface area contributed by atoms with Crippen LogP contribution in [-0.4, -0.2) is 25.0 Å². The van der Waals surface area contributed by atoms with Gasteiger partial charge in [-0.15, -0.1) is 0 Å². The first-order valence-electron chi connectivity index (χ1n) is 9.08. The van der Waals surface area contributed by atoms with Gasteiger partial charge in [-0.25, -0.2) is 9.97 Å². The molecule has 7 nitrogen and oxygen atoms in total. The molecule has 0 aliphatic rings. The highest BCUT2D eigenvalue weighted by atomic mass is 79.9. The Bertz CT molecular complexity index is 1220. The molecule has 0 aliphatic carbocycles. The summed E-state index contributed by atoms with van der Waals surface area (Å²) < 4.78 is 4.23. The molecule has 4 aromatic rings. The van der Waals surface area contributed by atoms with Gasteiger partial charge in [-0.2, -0.15) is 0 Å². The lowest BCUT2D eigenvalue weighted by Gasteiger charge is -2.09. The predicted molar refractivity (Wildman–Crippen MR) is 115 cm³/mol. The molecule has 4 rings (SSSR count). The minimum Gasteiger partial charge on any atom is -0.333 e. The lowest BCUT2D eigenvalue weighted by Crippen LogP contribution is -2.23. The Morgan fingerprint density at radius 3 is 2.86 bits per heavy atom. The molecule has 2 aromatic carbocycles. The summed E-state index contributed by atoms with van der Waals surface area (Å²) in [6.07, 6.45) is 7.02. The monoisotopic (exact) mass is 451 g/mol. The third kappa shape index (κ3) is 4.60. The van der Waals surface area contributed by atoms with Gasteiger partial charge in [-0.05, 0) is 35.9 Å². The average molecular weight is 452 g/mol. The minimum absolute atomic E-state index is 0.161. The second kappa shape index (κ2) is 8.40. The van der Waals surface area contributed by atoms with Crippen molar-refractivity contribution in [2.24, 2.45) is 0 Å². The van der Waals surface area contributed by atoms with Gasteiger partial charge in [-0.3, -0.25) is 14.2 Å². The number of carbonyl (C=O) groups is 1. The third-order valence-corrected chi connectivity index (χ3v) is 4.99. The smallest absolute Gasteiger partial charge is 0.261 e. The molecule has 8 heteroatoms. The van der Waals surface area contributed by atoms with Gasteiger partial charge in [0.05, 0.1) is 23.6 Å². The van der Waals surface area contributed by atoms with Gasteiger partial charge in [-0.1, -0.05) is 28.1 Å². The molecule has 0 unspecified atom stereocenters. The molecule has 0 bridgehead atoms. The van der Waals surface area contributed by atoms with Crippen molar-refractivity contribution >= 4 is 38.4 Å². The van der Waals surface area contributed by atoms with E-state index < -0.39 is 0 Å². The number of halogens is 1. The maximum atomic E-state index is 12.6. The maximum Gasteiger partial charge on any atom is 0.261 e. The first kappa shape index (κ1) is 19.1. The number of hydrogen-bond donors (Lipinski definition) is 1. The first-order valence-corrected chi connectivity index (χ1v) is 9.87. The van der Waals surface area contributed by atoms with Crippen LogP contribution >= 0.6 is 15.9 Å². The number of benzene rings is 2. The number of rotatable bonds is 6. The molecule has 1 N–H and O–H groups in total. The summed E-state index contributed by atoms with van der Waals surface area (Å²) in [6.45, 7) is 0.937. The average Bonchev–Trinajstić information content (AvgIpc) is 3.21. The minimum atomic E-state index is -0.161. The fourth-order valence-electron chi connectivity index (χ4n) is 3.07. The van der Waals surface area contributed by atoms with E-state index in [4.69, 9.17) is 0 Å². The molecule has 0 atom stereocenters. The zero-order valence-electron chi connectivity index (χ0n) is 15.5. The molecule has 0 spiro atoms. The number of fused-ring (bicyclic) bond motifs is 1. The molecule has 0 saturated carbocycles. The Kier molecular flexibility index (Phi) is 5.53. The number of imidazole rings is 1. The van der Waals surface area contributed by atoms with Crippen molar-refractivity contribution in [2.75, 3.05) is 5.32 Å². The fraction of sp³-hybridized carbons (Fsp3) is 0.143. The SMILES string of the molecule is O=C(CCn1cnc2ccc(Br)cc2c1=O)Nc1cccc(Cn2ccnc2)c1. The molecule has 146 valence electrons. The van der Waals surface area contributed by atoms with Crippen LogP contribution in [0.4, 0.5) is 5.69 Å². The predicted octanol–water partition coefficient (Wildman–Crippen LogP) is 3.43. The van der Waals surface area contributed by atoms with Crippen LogP contribution in [0.3, 0.4) is 0 Å². The van der Waals surface area contributed by atoms with E-state index in [2.05, 4.69) is 31.2 Å². The van der Waals surface area contributed by atoms with Crippen molar-refractivity contribution < 1.29 is 4.79 Å². The first-order chi connectivity index (χ1) is 14.1. The zero-order chi connectivity index (χ0) is 20.2. The molecule has 2 aromatic heterocycles. The quantitative estimate of drug-likeness (QED) is 0.486. The van der Waals surface area contributed by atoms with E-state index in [-0.39, 0.29) is 24.4 Å². The molecule has 0 radical (unpaired) electrons. The largest absolute Gasteiger partial charge is 0.333 e. The molecule has 0 saturated heterocycles. The van der Waals surface area contributed by atoms with Crippen LogP contribution in [0.2, 0.25) is 0 Å².